The highest BCUT2D eigenvalue weighted by Gasteiger charge is 2.60. The Balaban J connectivity index is 3.47. The summed E-state index contributed by atoms with van der Waals surface area (Å²) in [5.41, 5.74) is 3.88. The van der Waals surface area contributed by atoms with Crippen LogP contribution in [-0.4, -0.2) is 53.3 Å². The van der Waals surface area contributed by atoms with E-state index >= 15 is 0 Å². The Hall–Kier alpha value is 0.0775. The van der Waals surface area contributed by atoms with E-state index in [1.807, 2.05) is 0 Å². The minimum absolute atomic E-state index is 0.357. The Morgan fingerprint density at radius 1 is 0.917 bits per heavy atom. The summed E-state index contributed by atoms with van der Waals surface area (Å²) in [6.07, 6.45) is 0.986. The zero-order valence-electron chi connectivity index (χ0n) is 18.1. The molecule has 0 aromatic heterocycles. The third-order valence-electron chi connectivity index (χ3n) is 5.74. The van der Waals surface area contributed by atoms with E-state index in [1.54, 1.807) is 0 Å². The third kappa shape index (κ3) is 4.07. The molecule has 0 radical (unpaired) electrons. The van der Waals surface area contributed by atoms with E-state index in [4.69, 9.17) is 0 Å². The average Bonchev–Trinajstić information content (AvgIpc) is 2.62. The molecule has 0 atom stereocenters. The van der Waals surface area contributed by atoms with Crippen LogP contribution < -0.4 is 0 Å². The molecule has 0 spiro atoms. The van der Waals surface area contributed by atoms with Gasteiger partial charge in [-0.1, -0.05) is 78.5 Å². The number of carbonyl (C=O) groups excluding carboxylic acids is 1. The lowest BCUT2D eigenvalue weighted by Crippen LogP contribution is -2.82. The summed E-state index contributed by atoms with van der Waals surface area (Å²) in [6.45, 7) is 28.1. The van der Waals surface area contributed by atoms with Gasteiger partial charge in [0.2, 0.25) is 5.91 Å². The topological polar surface area (TPSA) is 20.3 Å². The molecule has 2 nitrogen and oxygen atoms in total. The van der Waals surface area contributed by atoms with Gasteiger partial charge < -0.3 is 4.90 Å². The smallest absolute Gasteiger partial charge is 0.249 e. The highest BCUT2D eigenvalue weighted by Crippen LogP contribution is 2.39. The first kappa shape index (κ1) is 22.1. The first-order chi connectivity index (χ1) is 10.5. The van der Waals surface area contributed by atoms with Crippen LogP contribution in [0.4, 0.5) is 0 Å². The van der Waals surface area contributed by atoms with Gasteiger partial charge >= 0.3 is 0 Å². The Morgan fingerprint density at radius 2 is 1.33 bits per heavy atom. The van der Waals surface area contributed by atoms with Crippen LogP contribution in [-0.2, 0) is 4.79 Å². The molecule has 0 N–H and O–H groups in total. The summed E-state index contributed by atoms with van der Waals surface area (Å²) >= 11 is 0. The van der Waals surface area contributed by atoms with Crippen LogP contribution in [0.1, 0.15) is 20.3 Å². The SMILES string of the molecule is CC(C)CN1CC/C(=C/[Si]([Si](C)(C)C)([Si](C)(C)C)[Si](C)(C)C)C1=O. The lowest BCUT2D eigenvalue weighted by atomic mass is 10.2. The summed E-state index contributed by atoms with van der Waals surface area (Å²) in [5, 5.41) is 0. The Kier molecular flexibility index (Phi) is 6.45. The number of nitrogens with zero attached hydrogens (tertiary/aromatic N) is 1. The third-order valence-corrected chi connectivity index (χ3v) is 76.7. The second-order valence-corrected chi connectivity index (χ2v) is 51.6. The molecule has 140 valence electrons. The Bertz CT molecular complexity index is 471. The summed E-state index contributed by atoms with van der Waals surface area (Å²) in [6, 6.07) is 0. The van der Waals surface area contributed by atoms with Gasteiger partial charge in [-0.25, -0.2) is 0 Å². The van der Waals surface area contributed by atoms with Gasteiger partial charge in [0.25, 0.3) is 0 Å². The molecule has 1 aliphatic heterocycles. The number of hydrogen-bond acceptors (Lipinski definition) is 1. The molecule has 0 aromatic rings. The number of amides is 1. The molecule has 6 heteroatoms. The van der Waals surface area contributed by atoms with Crippen molar-refractivity contribution in [2.75, 3.05) is 13.1 Å². The normalized spacial score (nSPS) is 19.8. The Morgan fingerprint density at radius 3 is 1.67 bits per heavy atom. The number of likely N-dealkylation sites (tertiary alicyclic amines) is 1. The fourth-order valence-electron chi connectivity index (χ4n) is 5.70. The highest BCUT2D eigenvalue weighted by atomic mass is 29.9. The molecule has 1 rings (SSSR count). The molecule has 0 unspecified atom stereocenters. The van der Waals surface area contributed by atoms with Crippen molar-refractivity contribution in [3.8, 4) is 0 Å². The molecule has 1 heterocycles. The van der Waals surface area contributed by atoms with E-state index in [0.717, 1.165) is 19.5 Å². The van der Waals surface area contributed by atoms with Crippen LogP contribution in [0.5, 0.6) is 0 Å². The first-order valence-electron chi connectivity index (χ1n) is 9.55. The molecule has 0 bridgehead atoms. The van der Waals surface area contributed by atoms with Crippen molar-refractivity contribution in [1.29, 1.82) is 0 Å². The van der Waals surface area contributed by atoms with Gasteiger partial charge in [0.15, 0.2) is 0 Å². The zero-order valence-corrected chi connectivity index (χ0v) is 22.1. The molecule has 0 aromatic carbocycles. The van der Waals surface area contributed by atoms with E-state index in [9.17, 15) is 4.79 Å². The molecular formula is C18H41NOSi4. The lowest BCUT2D eigenvalue weighted by Gasteiger charge is -2.56. The van der Waals surface area contributed by atoms with Gasteiger partial charge in [0.05, 0.1) is 6.63 Å². The zero-order chi connectivity index (χ0) is 19.1. The molecular weight excluding hydrogens is 359 g/mol. The molecule has 1 fully saturated rings. The maximum absolute atomic E-state index is 13.0. The highest BCUT2D eigenvalue weighted by molar-refractivity contribution is 7.90. The van der Waals surface area contributed by atoms with Crippen LogP contribution in [0.15, 0.2) is 11.3 Å². The van der Waals surface area contributed by atoms with E-state index in [-0.39, 0.29) is 0 Å². The van der Waals surface area contributed by atoms with Gasteiger partial charge in [-0.05, 0) is 12.3 Å². The fraction of sp³-hybridized carbons (Fsp3) is 0.833. The van der Waals surface area contributed by atoms with Crippen LogP contribution in [0, 0.1) is 5.92 Å². The van der Waals surface area contributed by atoms with Crippen molar-refractivity contribution < 1.29 is 4.79 Å². The van der Waals surface area contributed by atoms with Crippen LogP contribution >= 0.6 is 0 Å². The number of rotatable bonds is 6. The van der Waals surface area contributed by atoms with Gasteiger partial charge in [-0.2, -0.15) is 0 Å². The fourth-order valence-corrected chi connectivity index (χ4v) is 101. The summed E-state index contributed by atoms with van der Waals surface area (Å²) in [7, 11) is -4.03. The quantitative estimate of drug-likeness (QED) is 0.452. The summed E-state index contributed by atoms with van der Waals surface area (Å²) in [4.78, 5) is 15.1. The molecule has 0 aliphatic carbocycles. The van der Waals surface area contributed by atoms with Gasteiger partial charge in [-0.3, -0.25) is 4.79 Å². The van der Waals surface area contributed by atoms with E-state index in [2.05, 4.69) is 83.4 Å². The maximum atomic E-state index is 13.0. The standard InChI is InChI=1S/C18H41NOSi4/c1-16(2)14-19-13-12-17(18(19)20)15-24(21(3,4)5,22(6,7)8)23(9,10)11/h15-16H,12-14H2,1-11H3/b17-15-. The molecule has 1 aliphatic rings. The summed E-state index contributed by atoms with van der Waals surface area (Å²) in [5.74, 6) is 0.914. The second kappa shape index (κ2) is 7.00. The van der Waals surface area contributed by atoms with Gasteiger partial charge in [0.1, 0.15) is 0 Å². The van der Waals surface area contributed by atoms with Crippen molar-refractivity contribution in [2.24, 2.45) is 5.92 Å². The van der Waals surface area contributed by atoms with E-state index in [0.29, 0.717) is 11.8 Å². The van der Waals surface area contributed by atoms with Crippen LogP contribution in [0.3, 0.4) is 0 Å². The van der Waals surface area contributed by atoms with Crippen molar-refractivity contribution in [3.05, 3.63) is 11.3 Å². The van der Waals surface area contributed by atoms with Gasteiger partial charge in [0, 0.05) is 41.4 Å². The van der Waals surface area contributed by atoms with E-state index in [1.165, 1.54) is 5.57 Å². The van der Waals surface area contributed by atoms with Crippen LogP contribution in [0.25, 0.3) is 0 Å². The largest absolute Gasteiger partial charge is 0.338 e. The van der Waals surface area contributed by atoms with Crippen molar-refractivity contribution in [2.45, 2.75) is 79.2 Å². The minimum Gasteiger partial charge on any atom is -0.338 e. The van der Waals surface area contributed by atoms with Crippen molar-refractivity contribution in [3.63, 3.8) is 0 Å². The number of hydrogen-bond donors (Lipinski definition) is 0. The minimum atomic E-state index is -1.57. The first-order valence-corrected chi connectivity index (χ1v) is 25.1. The molecule has 1 saturated heterocycles. The van der Waals surface area contributed by atoms with Gasteiger partial charge in [-0.15, -0.1) is 0 Å². The van der Waals surface area contributed by atoms with Crippen molar-refractivity contribution >= 4 is 35.3 Å². The predicted octanol–water partition coefficient (Wildman–Crippen LogP) is 5.04. The predicted molar refractivity (Wildman–Crippen MR) is 120 cm³/mol. The van der Waals surface area contributed by atoms with E-state index < -0.39 is 29.4 Å². The Labute approximate surface area is 154 Å². The lowest BCUT2D eigenvalue weighted by molar-refractivity contribution is -0.125. The average molecular weight is 400 g/mol. The molecule has 24 heavy (non-hydrogen) atoms. The monoisotopic (exact) mass is 399 g/mol. The molecule has 0 saturated carbocycles. The molecule has 1 amide bonds. The summed E-state index contributed by atoms with van der Waals surface area (Å²) < 4.78 is 0. The second-order valence-electron chi connectivity index (χ2n) is 11.1. The van der Waals surface area contributed by atoms with Crippen molar-refractivity contribution in [1.82, 2.24) is 4.90 Å². The maximum Gasteiger partial charge on any atom is 0.249 e. The van der Waals surface area contributed by atoms with Crippen LogP contribution in [0.2, 0.25) is 58.9 Å². The number of carbonyl (C=O) groups is 1.